The quantitative estimate of drug-likeness (QED) is 0.370. The van der Waals surface area contributed by atoms with Crippen LogP contribution in [0.5, 0.6) is 0 Å². The third-order valence-electron chi connectivity index (χ3n) is 4.67. The van der Waals surface area contributed by atoms with Gasteiger partial charge in [-0.05, 0) is 24.3 Å². The maximum Gasteiger partial charge on any atom is 0.194 e. The molecule has 1 aromatic carbocycles. The molecule has 25 heavy (non-hydrogen) atoms. The fourth-order valence-electron chi connectivity index (χ4n) is 3.44. The molecule has 2 rings (SSSR count). The van der Waals surface area contributed by atoms with E-state index < -0.39 is 0 Å². The van der Waals surface area contributed by atoms with Crippen molar-refractivity contribution in [2.45, 2.75) is 52.4 Å². The summed E-state index contributed by atoms with van der Waals surface area (Å²) in [5.41, 5.74) is 2.38. The molecule has 0 radical (unpaired) electrons. The fraction of sp³-hybridized carbons (Fsp3) is 0.409. The topological polar surface area (TPSA) is 64.7 Å². The Labute approximate surface area is 150 Å². The van der Waals surface area contributed by atoms with E-state index in [-0.39, 0.29) is 11.4 Å². The van der Waals surface area contributed by atoms with Crippen molar-refractivity contribution in [2.24, 2.45) is 5.92 Å². The number of allylic oxidation sites excluding steroid dienone is 4. The van der Waals surface area contributed by atoms with Crippen molar-refractivity contribution in [1.29, 1.82) is 10.5 Å². The Balaban J connectivity index is 2.50. The molecule has 0 bridgehead atoms. The molecule has 0 N–H and O–H groups in total. The standard InChI is InChI=1S/C22H24N2O/c1-3-5-6-10-16(9-4-2)13-20-21(17(14-23)15-24)18-11-7-8-12-19(18)22(20)25/h7-8,11-13,16H,3-6,9-10H2,1-2H3/b20-13-. The van der Waals surface area contributed by atoms with Crippen molar-refractivity contribution in [3.8, 4) is 12.1 Å². The number of rotatable bonds is 7. The lowest BCUT2D eigenvalue weighted by Gasteiger charge is -2.13. The third kappa shape index (κ3) is 4.06. The lowest BCUT2D eigenvalue weighted by Crippen LogP contribution is -2.03. The van der Waals surface area contributed by atoms with E-state index in [1.54, 1.807) is 6.07 Å². The summed E-state index contributed by atoms with van der Waals surface area (Å²) >= 11 is 0. The molecule has 0 saturated heterocycles. The van der Waals surface area contributed by atoms with Gasteiger partial charge in [-0.3, -0.25) is 4.79 Å². The van der Waals surface area contributed by atoms with Gasteiger partial charge in [-0.25, -0.2) is 0 Å². The Morgan fingerprint density at radius 3 is 2.32 bits per heavy atom. The number of ketones is 1. The normalized spacial score (nSPS) is 15.6. The number of hydrogen-bond donors (Lipinski definition) is 0. The van der Waals surface area contributed by atoms with Gasteiger partial charge in [-0.1, -0.05) is 69.9 Å². The number of carbonyl (C=O) groups is 1. The highest BCUT2D eigenvalue weighted by Crippen LogP contribution is 2.40. The van der Waals surface area contributed by atoms with Crippen LogP contribution in [-0.4, -0.2) is 5.78 Å². The van der Waals surface area contributed by atoms with Crippen LogP contribution in [0.15, 0.2) is 41.5 Å². The first kappa shape index (κ1) is 18.7. The maximum atomic E-state index is 12.9. The van der Waals surface area contributed by atoms with Crippen LogP contribution < -0.4 is 0 Å². The molecule has 3 heteroatoms. The summed E-state index contributed by atoms with van der Waals surface area (Å²) in [6.07, 6.45) is 8.60. The fourth-order valence-corrected chi connectivity index (χ4v) is 3.44. The summed E-state index contributed by atoms with van der Waals surface area (Å²) < 4.78 is 0. The first-order valence-electron chi connectivity index (χ1n) is 9.08. The van der Waals surface area contributed by atoms with E-state index in [1.807, 2.05) is 36.4 Å². The molecule has 0 aliphatic heterocycles. The van der Waals surface area contributed by atoms with Crippen LogP contribution in [0.25, 0.3) is 5.57 Å². The van der Waals surface area contributed by atoms with E-state index >= 15 is 0 Å². The van der Waals surface area contributed by atoms with Crippen LogP contribution in [-0.2, 0) is 0 Å². The Morgan fingerprint density at radius 1 is 1.04 bits per heavy atom. The van der Waals surface area contributed by atoms with Gasteiger partial charge in [0.15, 0.2) is 5.78 Å². The van der Waals surface area contributed by atoms with Crippen molar-refractivity contribution in [1.82, 2.24) is 0 Å². The van der Waals surface area contributed by atoms with Gasteiger partial charge in [0.05, 0.1) is 0 Å². The molecular weight excluding hydrogens is 308 g/mol. The number of Topliss-reactive ketones (excluding diaryl/α,β-unsaturated/α-hetero) is 1. The zero-order chi connectivity index (χ0) is 18.2. The minimum Gasteiger partial charge on any atom is -0.289 e. The van der Waals surface area contributed by atoms with Gasteiger partial charge in [-0.15, -0.1) is 0 Å². The highest BCUT2D eigenvalue weighted by Gasteiger charge is 2.32. The second-order valence-electron chi connectivity index (χ2n) is 6.47. The average Bonchev–Trinajstić information content (AvgIpc) is 2.90. The molecule has 1 atom stereocenters. The Kier molecular flexibility index (Phi) is 6.72. The largest absolute Gasteiger partial charge is 0.289 e. The molecule has 0 amide bonds. The maximum absolute atomic E-state index is 12.9. The van der Waals surface area contributed by atoms with Crippen LogP contribution in [0.2, 0.25) is 0 Å². The van der Waals surface area contributed by atoms with Crippen LogP contribution in [0.4, 0.5) is 0 Å². The highest BCUT2D eigenvalue weighted by molar-refractivity contribution is 6.27. The predicted octanol–water partition coefficient (Wildman–Crippen LogP) is 5.61. The third-order valence-corrected chi connectivity index (χ3v) is 4.67. The molecule has 1 unspecified atom stereocenters. The van der Waals surface area contributed by atoms with Gasteiger partial charge in [-0.2, -0.15) is 10.5 Å². The van der Waals surface area contributed by atoms with Gasteiger partial charge in [0.2, 0.25) is 0 Å². The first-order chi connectivity index (χ1) is 12.2. The second-order valence-corrected chi connectivity index (χ2v) is 6.47. The monoisotopic (exact) mass is 332 g/mol. The van der Waals surface area contributed by atoms with Crippen molar-refractivity contribution >= 4 is 11.4 Å². The molecule has 1 aliphatic carbocycles. The van der Waals surface area contributed by atoms with E-state index in [2.05, 4.69) is 13.8 Å². The van der Waals surface area contributed by atoms with E-state index in [0.717, 1.165) is 32.1 Å². The summed E-state index contributed by atoms with van der Waals surface area (Å²) in [4.78, 5) is 12.9. The predicted molar refractivity (Wildman–Crippen MR) is 99.5 cm³/mol. The van der Waals surface area contributed by atoms with Gasteiger partial charge < -0.3 is 0 Å². The van der Waals surface area contributed by atoms with Crippen LogP contribution in [0.1, 0.15) is 68.3 Å². The molecule has 0 fully saturated rings. The molecule has 1 aromatic rings. The molecule has 0 spiro atoms. The van der Waals surface area contributed by atoms with Crippen LogP contribution in [0.3, 0.4) is 0 Å². The molecule has 0 aromatic heterocycles. The average molecular weight is 332 g/mol. The molecule has 0 heterocycles. The molecule has 0 saturated carbocycles. The van der Waals surface area contributed by atoms with Gasteiger partial charge in [0.25, 0.3) is 0 Å². The minimum atomic E-state index is -0.0646. The molecule has 1 aliphatic rings. The minimum absolute atomic E-state index is 0.0216. The lowest BCUT2D eigenvalue weighted by molar-refractivity contribution is 0.104. The second kappa shape index (κ2) is 9.00. The zero-order valence-electron chi connectivity index (χ0n) is 15.0. The molecular formula is C22H24N2O. The van der Waals surface area contributed by atoms with Gasteiger partial charge in [0.1, 0.15) is 17.7 Å². The van der Waals surface area contributed by atoms with Crippen LogP contribution in [0, 0.1) is 28.6 Å². The molecule has 128 valence electrons. The molecule has 3 nitrogen and oxygen atoms in total. The number of fused-ring (bicyclic) bond motifs is 1. The van der Waals surface area contributed by atoms with Crippen molar-refractivity contribution < 1.29 is 4.79 Å². The number of unbranched alkanes of at least 4 members (excludes halogenated alkanes) is 2. The Morgan fingerprint density at radius 2 is 1.72 bits per heavy atom. The number of nitrogens with zero attached hydrogens (tertiary/aromatic N) is 2. The Bertz CT molecular complexity index is 771. The summed E-state index contributed by atoms with van der Waals surface area (Å²) in [5.74, 6) is 0.239. The summed E-state index contributed by atoms with van der Waals surface area (Å²) in [7, 11) is 0. The number of benzene rings is 1. The van der Waals surface area contributed by atoms with E-state index in [4.69, 9.17) is 0 Å². The number of hydrogen-bond acceptors (Lipinski definition) is 3. The number of nitriles is 2. The van der Waals surface area contributed by atoms with E-state index in [1.165, 1.54) is 6.42 Å². The Hall–Kier alpha value is -2.65. The van der Waals surface area contributed by atoms with E-state index in [9.17, 15) is 15.3 Å². The smallest absolute Gasteiger partial charge is 0.194 e. The van der Waals surface area contributed by atoms with Gasteiger partial charge >= 0.3 is 0 Å². The first-order valence-corrected chi connectivity index (χ1v) is 9.08. The highest BCUT2D eigenvalue weighted by atomic mass is 16.1. The number of carbonyl (C=O) groups excluding carboxylic acids is 1. The van der Waals surface area contributed by atoms with Gasteiger partial charge in [0, 0.05) is 16.7 Å². The van der Waals surface area contributed by atoms with Crippen molar-refractivity contribution in [3.63, 3.8) is 0 Å². The SMILES string of the molecule is CCCCCC(/C=C1\C(=O)c2ccccc2C1=C(C#N)C#N)CCC. The summed E-state index contributed by atoms with van der Waals surface area (Å²) in [6, 6.07) is 11.2. The zero-order valence-corrected chi connectivity index (χ0v) is 15.0. The summed E-state index contributed by atoms with van der Waals surface area (Å²) in [6.45, 7) is 4.32. The van der Waals surface area contributed by atoms with Crippen molar-refractivity contribution in [3.05, 3.63) is 52.6 Å². The lowest BCUT2D eigenvalue weighted by atomic mass is 9.91. The summed E-state index contributed by atoms with van der Waals surface area (Å²) in [5, 5.41) is 18.7. The van der Waals surface area contributed by atoms with Crippen molar-refractivity contribution in [2.75, 3.05) is 0 Å². The van der Waals surface area contributed by atoms with E-state index in [0.29, 0.717) is 28.2 Å². The van der Waals surface area contributed by atoms with Crippen LogP contribution >= 0.6 is 0 Å².